The number of ether oxygens (including phenoxy) is 1. The number of carboxylic acids is 1. The molecule has 1 aliphatic carbocycles. The lowest BCUT2D eigenvalue weighted by Crippen LogP contribution is -2.61. The summed E-state index contributed by atoms with van der Waals surface area (Å²) in [6, 6.07) is 5.31. The van der Waals surface area contributed by atoms with Gasteiger partial charge in [-0.25, -0.2) is 15.0 Å². The van der Waals surface area contributed by atoms with Crippen LogP contribution in [0, 0.1) is 0 Å². The zero-order valence-corrected chi connectivity index (χ0v) is 19.2. The molecule has 3 amide bonds. The molecule has 0 bridgehead atoms. The largest absolute Gasteiger partial charge is 0.478 e. The van der Waals surface area contributed by atoms with Crippen molar-refractivity contribution in [3.05, 3.63) is 46.5 Å². The van der Waals surface area contributed by atoms with E-state index >= 15 is 0 Å². The summed E-state index contributed by atoms with van der Waals surface area (Å²) in [5.41, 5.74) is 6.38. The summed E-state index contributed by atoms with van der Waals surface area (Å²) >= 11 is 5.86. The zero-order chi connectivity index (χ0) is 23.7. The normalized spacial score (nSPS) is 20.4. The summed E-state index contributed by atoms with van der Waals surface area (Å²) in [6.45, 7) is 5.68. The number of halogens is 1. The van der Waals surface area contributed by atoms with Crippen molar-refractivity contribution in [2.45, 2.75) is 70.9 Å². The van der Waals surface area contributed by atoms with Gasteiger partial charge in [0, 0.05) is 30.5 Å². The van der Waals surface area contributed by atoms with E-state index in [1.54, 1.807) is 12.1 Å². The first-order chi connectivity index (χ1) is 15.2. The number of carboxylic acid groups (broad SMARTS) is 1. The van der Waals surface area contributed by atoms with Gasteiger partial charge in [0.1, 0.15) is 0 Å². The lowest BCUT2D eigenvalue weighted by atomic mass is 9.87. The molecule has 1 aliphatic rings. The van der Waals surface area contributed by atoms with Gasteiger partial charge in [0.15, 0.2) is 0 Å². The quantitative estimate of drug-likeness (QED) is 0.337. The van der Waals surface area contributed by atoms with E-state index in [0.717, 1.165) is 18.4 Å². The standard InChI is InChI=1S/C22H31ClN4O5/c1-4-17(5-2)32-19-11-15(21(29)30)10-18(20(19)25-13(3)28)26-22(31)27-24-12-14-6-8-16(23)9-7-14/h6-9,11,17-20,24H,4-5,10,12H2,1-3H3,(H,25,28)(H,29,30)(H2,26,27,31)/t18-,19+,20+/m0/s1. The number of urea groups is 1. The molecule has 32 heavy (non-hydrogen) atoms. The Morgan fingerprint density at radius 3 is 2.38 bits per heavy atom. The first-order valence-electron chi connectivity index (χ1n) is 10.6. The van der Waals surface area contributed by atoms with Crippen LogP contribution in [0.25, 0.3) is 0 Å². The number of aliphatic carboxylic acids is 1. The monoisotopic (exact) mass is 466 g/mol. The van der Waals surface area contributed by atoms with Crippen molar-refractivity contribution in [2.75, 3.05) is 0 Å². The highest BCUT2D eigenvalue weighted by Gasteiger charge is 2.38. The van der Waals surface area contributed by atoms with E-state index in [2.05, 4.69) is 21.5 Å². The van der Waals surface area contributed by atoms with Gasteiger partial charge in [-0.1, -0.05) is 37.6 Å². The molecule has 0 saturated carbocycles. The van der Waals surface area contributed by atoms with E-state index in [1.165, 1.54) is 13.0 Å². The lowest BCUT2D eigenvalue weighted by Gasteiger charge is -2.38. The lowest BCUT2D eigenvalue weighted by molar-refractivity contribution is -0.133. The molecule has 0 heterocycles. The van der Waals surface area contributed by atoms with Gasteiger partial charge in [-0.3, -0.25) is 10.2 Å². The maximum atomic E-state index is 12.5. The van der Waals surface area contributed by atoms with Crippen LogP contribution in [0.5, 0.6) is 0 Å². The van der Waals surface area contributed by atoms with Crippen molar-refractivity contribution in [1.29, 1.82) is 0 Å². The van der Waals surface area contributed by atoms with Crippen LogP contribution in [0.15, 0.2) is 35.9 Å². The Bertz CT molecular complexity index is 826. The van der Waals surface area contributed by atoms with Gasteiger partial charge in [-0.15, -0.1) is 0 Å². The van der Waals surface area contributed by atoms with E-state index in [1.807, 2.05) is 26.0 Å². The molecule has 9 nitrogen and oxygen atoms in total. The third-order valence-corrected chi connectivity index (χ3v) is 5.47. The molecule has 5 N–H and O–H groups in total. The second-order valence-electron chi connectivity index (χ2n) is 7.65. The first-order valence-corrected chi connectivity index (χ1v) is 11.0. The fourth-order valence-electron chi connectivity index (χ4n) is 3.54. The van der Waals surface area contributed by atoms with Crippen molar-refractivity contribution in [2.24, 2.45) is 0 Å². The SMILES string of the molecule is CCC(CC)O[C@@H]1C=C(C(=O)O)C[C@H](NC(=O)NNCc2ccc(Cl)cc2)[C@H]1NC(C)=O. The molecule has 0 fully saturated rings. The predicted octanol–water partition coefficient (Wildman–Crippen LogP) is 2.51. The summed E-state index contributed by atoms with van der Waals surface area (Å²) in [4.78, 5) is 36.0. The molecule has 0 radical (unpaired) electrons. The fourth-order valence-corrected chi connectivity index (χ4v) is 3.67. The van der Waals surface area contributed by atoms with Gasteiger partial charge in [0.2, 0.25) is 5.91 Å². The van der Waals surface area contributed by atoms with Crippen molar-refractivity contribution in [1.82, 2.24) is 21.5 Å². The summed E-state index contributed by atoms with van der Waals surface area (Å²) in [7, 11) is 0. The highest BCUT2D eigenvalue weighted by molar-refractivity contribution is 6.30. The minimum absolute atomic E-state index is 0.0493. The highest BCUT2D eigenvalue weighted by atomic mass is 35.5. The minimum Gasteiger partial charge on any atom is -0.478 e. The molecule has 0 spiro atoms. The van der Waals surface area contributed by atoms with Gasteiger partial charge in [-0.05, 0) is 36.6 Å². The molecular formula is C22H31ClN4O5. The van der Waals surface area contributed by atoms with Crippen LogP contribution in [0.2, 0.25) is 5.02 Å². The second-order valence-corrected chi connectivity index (χ2v) is 8.09. The average Bonchev–Trinajstić information content (AvgIpc) is 2.74. The van der Waals surface area contributed by atoms with Gasteiger partial charge < -0.3 is 20.5 Å². The molecular weight excluding hydrogens is 436 g/mol. The molecule has 1 aromatic rings. The molecule has 3 atom stereocenters. The van der Waals surface area contributed by atoms with Gasteiger partial charge >= 0.3 is 12.0 Å². The van der Waals surface area contributed by atoms with Crippen LogP contribution >= 0.6 is 11.6 Å². The van der Waals surface area contributed by atoms with E-state index in [9.17, 15) is 19.5 Å². The van der Waals surface area contributed by atoms with E-state index < -0.39 is 30.2 Å². The number of carbonyl (C=O) groups excluding carboxylic acids is 2. The number of hydrogen-bond donors (Lipinski definition) is 5. The summed E-state index contributed by atoms with van der Waals surface area (Å²) in [5.74, 6) is -1.38. The smallest absolute Gasteiger partial charge is 0.331 e. The molecule has 2 rings (SSSR count). The predicted molar refractivity (Wildman–Crippen MR) is 121 cm³/mol. The van der Waals surface area contributed by atoms with Crippen LogP contribution in [0.3, 0.4) is 0 Å². The Balaban J connectivity index is 2.08. The number of rotatable bonds is 10. The summed E-state index contributed by atoms with van der Waals surface area (Å²) < 4.78 is 6.09. The van der Waals surface area contributed by atoms with Gasteiger partial charge in [-0.2, -0.15) is 0 Å². The van der Waals surface area contributed by atoms with E-state index in [4.69, 9.17) is 16.3 Å². The van der Waals surface area contributed by atoms with Crippen LogP contribution < -0.4 is 21.5 Å². The Kier molecular flexibility index (Phi) is 9.96. The Morgan fingerprint density at radius 1 is 1.16 bits per heavy atom. The fraction of sp³-hybridized carbons (Fsp3) is 0.500. The number of hydrogen-bond acceptors (Lipinski definition) is 5. The second kappa shape index (κ2) is 12.4. The van der Waals surface area contributed by atoms with Crippen LogP contribution in [-0.2, 0) is 20.9 Å². The molecule has 1 aromatic carbocycles. The number of benzene rings is 1. The molecule has 0 aliphatic heterocycles. The summed E-state index contributed by atoms with van der Waals surface area (Å²) in [6.07, 6.45) is 2.27. The first kappa shape index (κ1) is 25.6. The van der Waals surface area contributed by atoms with Gasteiger partial charge in [0.25, 0.3) is 0 Å². The zero-order valence-electron chi connectivity index (χ0n) is 18.5. The van der Waals surface area contributed by atoms with Crippen molar-refractivity contribution in [3.63, 3.8) is 0 Å². The molecule has 10 heteroatoms. The van der Waals surface area contributed by atoms with Crippen LogP contribution in [0.4, 0.5) is 4.79 Å². The molecule has 0 aromatic heterocycles. The Labute approximate surface area is 192 Å². The van der Waals surface area contributed by atoms with E-state index in [0.29, 0.717) is 11.6 Å². The molecule has 0 saturated heterocycles. The van der Waals surface area contributed by atoms with Crippen molar-refractivity contribution in [3.8, 4) is 0 Å². The third-order valence-electron chi connectivity index (χ3n) is 5.22. The Hall–Kier alpha value is -2.62. The summed E-state index contributed by atoms with van der Waals surface area (Å²) in [5, 5.41) is 15.7. The highest BCUT2D eigenvalue weighted by Crippen LogP contribution is 2.24. The Morgan fingerprint density at radius 2 is 1.81 bits per heavy atom. The van der Waals surface area contributed by atoms with Gasteiger partial charge in [0.05, 0.1) is 24.3 Å². The van der Waals surface area contributed by atoms with Crippen molar-refractivity contribution >= 4 is 29.5 Å². The number of carbonyl (C=O) groups is 3. The average molecular weight is 467 g/mol. The maximum Gasteiger partial charge on any atom is 0.331 e. The van der Waals surface area contributed by atoms with Crippen molar-refractivity contribution < 1.29 is 24.2 Å². The topological polar surface area (TPSA) is 129 Å². The number of amides is 3. The van der Waals surface area contributed by atoms with E-state index in [-0.39, 0.29) is 24.0 Å². The molecule has 176 valence electrons. The number of hydrazine groups is 1. The molecule has 0 unspecified atom stereocenters. The maximum absolute atomic E-state index is 12.5. The number of nitrogens with one attached hydrogen (secondary N) is 4. The van der Waals surface area contributed by atoms with Crippen LogP contribution in [0.1, 0.15) is 45.6 Å². The third kappa shape index (κ3) is 7.81. The minimum atomic E-state index is -1.09. The van der Waals surface area contributed by atoms with Crippen LogP contribution in [-0.4, -0.2) is 47.3 Å².